The molecule has 1 aliphatic heterocycles. The number of aryl methyl sites for hydroxylation is 1. The molecule has 1 aromatic heterocycles. The van der Waals surface area contributed by atoms with Crippen molar-refractivity contribution in [1.29, 1.82) is 0 Å². The number of benzene rings is 1. The average molecular weight is 407 g/mol. The van der Waals surface area contributed by atoms with Gasteiger partial charge >= 0.3 is 0 Å². The van der Waals surface area contributed by atoms with E-state index in [-0.39, 0.29) is 5.41 Å². The summed E-state index contributed by atoms with van der Waals surface area (Å²) in [6.45, 7) is 11.2. The van der Waals surface area contributed by atoms with E-state index < -0.39 is 10.0 Å². The van der Waals surface area contributed by atoms with E-state index in [1.165, 1.54) is 0 Å². The van der Waals surface area contributed by atoms with Crippen LogP contribution in [0.2, 0.25) is 0 Å². The summed E-state index contributed by atoms with van der Waals surface area (Å²) >= 11 is 0. The number of nitrogens with zero attached hydrogens (tertiary/aromatic N) is 4. The van der Waals surface area contributed by atoms with Crippen LogP contribution in [0.1, 0.15) is 51.4 Å². The zero-order valence-electron chi connectivity index (χ0n) is 17.2. The molecule has 0 atom stereocenters. The van der Waals surface area contributed by atoms with Crippen LogP contribution >= 0.6 is 0 Å². The van der Waals surface area contributed by atoms with Gasteiger partial charge in [-0.1, -0.05) is 45.0 Å². The van der Waals surface area contributed by atoms with Crippen molar-refractivity contribution in [1.82, 2.24) is 19.3 Å². The normalized spacial score (nSPS) is 17.1. The van der Waals surface area contributed by atoms with Gasteiger partial charge in [0.05, 0.1) is 11.4 Å². The maximum absolute atomic E-state index is 13.0. The van der Waals surface area contributed by atoms with Gasteiger partial charge in [0.25, 0.3) is 0 Å². The lowest BCUT2D eigenvalue weighted by molar-refractivity contribution is 0.163. The van der Waals surface area contributed by atoms with Crippen molar-refractivity contribution in [3.8, 4) is 0 Å². The third-order valence-corrected chi connectivity index (χ3v) is 6.94. The maximum atomic E-state index is 13.0. The Hall–Kier alpha value is -1.77. The van der Waals surface area contributed by atoms with Gasteiger partial charge in [-0.25, -0.2) is 8.42 Å². The third-order valence-electron chi connectivity index (χ3n) is 5.03. The fourth-order valence-electron chi connectivity index (χ4n) is 3.27. The number of aromatic nitrogens is 2. The largest absolute Gasteiger partial charge is 0.338 e. The average Bonchev–Trinajstić information content (AvgIpc) is 3.09. The Bertz CT molecular complexity index is 877. The first-order valence-corrected chi connectivity index (χ1v) is 11.3. The molecular weight excluding hydrogens is 376 g/mol. The molecule has 3 rings (SSSR count). The molecule has 1 fully saturated rings. The van der Waals surface area contributed by atoms with Crippen molar-refractivity contribution in [2.24, 2.45) is 0 Å². The highest BCUT2D eigenvalue weighted by Crippen LogP contribution is 2.25. The molecule has 2 heterocycles. The second kappa shape index (κ2) is 8.31. The summed E-state index contributed by atoms with van der Waals surface area (Å²) in [5, 5.41) is 3.97. The monoisotopic (exact) mass is 406 g/mol. The van der Waals surface area contributed by atoms with Crippen molar-refractivity contribution in [2.75, 3.05) is 26.2 Å². The lowest BCUT2D eigenvalue weighted by atomic mass is 9.87. The molecule has 0 radical (unpaired) electrons. The second-order valence-electron chi connectivity index (χ2n) is 8.31. The minimum absolute atomic E-state index is 0.000342. The van der Waals surface area contributed by atoms with E-state index >= 15 is 0 Å². The first-order valence-electron chi connectivity index (χ1n) is 9.84. The Kier molecular flexibility index (Phi) is 6.21. The zero-order valence-corrected chi connectivity index (χ0v) is 18.0. The van der Waals surface area contributed by atoms with Gasteiger partial charge in [-0.15, -0.1) is 0 Å². The fraction of sp³-hybridized carbons (Fsp3) is 0.600. The van der Waals surface area contributed by atoms with Gasteiger partial charge in [-0.3, -0.25) is 4.90 Å². The lowest BCUT2D eigenvalue weighted by Crippen LogP contribution is -2.48. The Morgan fingerprint density at radius 2 is 1.71 bits per heavy atom. The maximum Gasteiger partial charge on any atom is 0.243 e. The Morgan fingerprint density at radius 1 is 1.07 bits per heavy atom. The molecule has 0 bridgehead atoms. The van der Waals surface area contributed by atoms with E-state index in [2.05, 4.69) is 42.7 Å². The molecule has 1 saturated heterocycles. The standard InChI is InChI=1S/C20H30N4O3S/c1-5-6-18-21-19(27-22-18)15-23-11-13-24(14-12-23)28(25,26)17-9-7-16(8-10-17)20(2,3)4/h7-10H,5-6,11-15H2,1-4H3. The summed E-state index contributed by atoms with van der Waals surface area (Å²) in [6, 6.07) is 7.26. The first kappa shape index (κ1) is 21.0. The minimum atomic E-state index is -3.47. The summed E-state index contributed by atoms with van der Waals surface area (Å²) in [6.07, 6.45) is 1.79. The number of rotatable bonds is 6. The van der Waals surface area contributed by atoms with Crippen LogP contribution in [0.4, 0.5) is 0 Å². The highest BCUT2D eigenvalue weighted by Gasteiger charge is 2.29. The minimum Gasteiger partial charge on any atom is -0.338 e. The summed E-state index contributed by atoms with van der Waals surface area (Å²) in [5.74, 6) is 1.33. The quantitative estimate of drug-likeness (QED) is 0.734. The SMILES string of the molecule is CCCc1noc(CN2CCN(S(=O)(=O)c3ccc(C(C)(C)C)cc3)CC2)n1. The number of sulfonamides is 1. The summed E-state index contributed by atoms with van der Waals surface area (Å²) in [7, 11) is -3.47. The number of hydrogen-bond acceptors (Lipinski definition) is 6. The first-order chi connectivity index (χ1) is 13.2. The molecule has 0 N–H and O–H groups in total. The smallest absolute Gasteiger partial charge is 0.243 e. The van der Waals surface area contributed by atoms with E-state index in [4.69, 9.17) is 4.52 Å². The van der Waals surface area contributed by atoms with Gasteiger partial charge in [-0.2, -0.15) is 9.29 Å². The molecule has 0 saturated carbocycles. The van der Waals surface area contributed by atoms with Gasteiger partial charge in [0.15, 0.2) is 5.82 Å². The molecule has 0 unspecified atom stereocenters. The molecule has 154 valence electrons. The zero-order chi connectivity index (χ0) is 20.4. The fourth-order valence-corrected chi connectivity index (χ4v) is 4.70. The van der Waals surface area contributed by atoms with Gasteiger partial charge in [0.2, 0.25) is 15.9 Å². The van der Waals surface area contributed by atoms with Crippen LogP contribution in [0.15, 0.2) is 33.7 Å². The molecule has 28 heavy (non-hydrogen) atoms. The van der Waals surface area contributed by atoms with Crippen LogP contribution in [-0.4, -0.2) is 53.9 Å². The summed E-state index contributed by atoms with van der Waals surface area (Å²) in [5.41, 5.74) is 1.12. The number of piperazine rings is 1. The van der Waals surface area contributed by atoms with E-state index in [1.54, 1.807) is 16.4 Å². The molecule has 2 aromatic rings. The van der Waals surface area contributed by atoms with E-state index in [0.29, 0.717) is 43.5 Å². The van der Waals surface area contributed by atoms with Crippen molar-refractivity contribution < 1.29 is 12.9 Å². The Labute approximate surface area is 167 Å². The van der Waals surface area contributed by atoms with Crippen LogP contribution in [0.25, 0.3) is 0 Å². The topological polar surface area (TPSA) is 79.5 Å². The highest BCUT2D eigenvalue weighted by molar-refractivity contribution is 7.89. The van der Waals surface area contributed by atoms with Crippen LogP contribution < -0.4 is 0 Å². The van der Waals surface area contributed by atoms with E-state index in [1.807, 2.05) is 12.1 Å². The predicted octanol–water partition coefficient (Wildman–Crippen LogP) is 2.83. The van der Waals surface area contributed by atoms with Gasteiger partial charge < -0.3 is 4.52 Å². The van der Waals surface area contributed by atoms with Crippen molar-refractivity contribution in [3.05, 3.63) is 41.5 Å². The van der Waals surface area contributed by atoms with Crippen molar-refractivity contribution >= 4 is 10.0 Å². The van der Waals surface area contributed by atoms with Gasteiger partial charge in [-0.05, 0) is 29.5 Å². The molecule has 8 heteroatoms. The van der Waals surface area contributed by atoms with E-state index in [0.717, 1.165) is 24.2 Å². The summed E-state index contributed by atoms with van der Waals surface area (Å²) in [4.78, 5) is 6.89. The van der Waals surface area contributed by atoms with Crippen LogP contribution in [0.3, 0.4) is 0 Å². The Morgan fingerprint density at radius 3 is 2.29 bits per heavy atom. The van der Waals surface area contributed by atoms with Crippen LogP contribution in [0.5, 0.6) is 0 Å². The third kappa shape index (κ3) is 4.79. The molecule has 0 spiro atoms. The highest BCUT2D eigenvalue weighted by atomic mass is 32.2. The predicted molar refractivity (Wildman–Crippen MR) is 107 cm³/mol. The molecule has 1 aromatic carbocycles. The molecule has 0 aliphatic carbocycles. The molecule has 7 nitrogen and oxygen atoms in total. The van der Waals surface area contributed by atoms with Crippen molar-refractivity contribution in [2.45, 2.75) is 57.4 Å². The van der Waals surface area contributed by atoms with Crippen molar-refractivity contribution in [3.63, 3.8) is 0 Å². The van der Waals surface area contributed by atoms with Gasteiger partial charge in [0.1, 0.15) is 0 Å². The van der Waals surface area contributed by atoms with E-state index in [9.17, 15) is 8.42 Å². The number of hydrogen-bond donors (Lipinski definition) is 0. The summed E-state index contributed by atoms with van der Waals surface area (Å²) < 4.78 is 32.8. The second-order valence-corrected chi connectivity index (χ2v) is 10.2. The molecular formula is C20H30N4O3S. The van der Waals surface area contributed by atoms with Gasteiger partial charge in [0, 0.05) is 32.6 Å². The van der Waals surface area contributed by atoms with Crippen LogP contribution in [0, 0.1) is 0 Å². The lowest BCUT2D eigenvalue weighted by Gasteiger charge is -2.33. The Balaban J connectivity index is 1.60. The van der Waals surface area contributed by atoms with Crippen LogP contribution in [-0.2, 0) is 28.4 Å². The molecule has 0 amide bonds. The molecule has 1 aliphatic rings.